The van der Waals surface area contributed by atoms with Crippen molar-refractivity contribution in [3.8, 4) is 0 Å². The van der Waals surface area contributed by atoms with E-state index in [1.807, 2.05) is 12.2 Å². The van der Waals surface area contributed by atoms with E-state index >= 15 is 0 Å². The molecule has 58 valence electrons. The van der Waals surface area contributed by atoms with Crippen LogP contribution in [0.1, 0.15) is 12.8 Å². The van der Waals surface area contributed by atoms with Crippen LogP contribution in [-0.4, -0.2) is 5.91 Å². The highest BCUT2D eigenvalue weighted by Gasteiger charge is 2.28. The molecule has 1 aliphatic carbocycles. The van der Waals surface area contributed by atoms with Gasteiger partial charge < -0.3 is 5.32 Å². The van der Waals surface area contributed by atoms with Gasteiger partial charge in [0.05, 0.1) is 0 Å². The third-order valence-corrected chi connectivity index (χ3v) is 2.32. The molecule has 0 saturated carbocycles. The van der Waals surface area contributed by atoms with Gasteiger partial charge in [0.2, 0.25) is 5.91 Å². The molecule has 1 amide bonds. The van der Waals surface area contributed by atoms with Gasteiger partial charge in [0, 0.05) is 23.1 Å². The lowest BCUT2D eigenvalue weighted by Crippen LogP contribution is -2.13. The highest BCUT2D eigenvalue weighted by molar-refractivity contribution is 6.29. The van der Waals surface area contributed by atoms with Crippen LogP contribution in [0.5, 0.6) is 0 Å². The Hall–Kier alpha value is -0.760. The van der Waals surface area contributed by atoms with Gasteiger partial charge in [-0.25, -0.2) is 0 Å². The number of hydrogen-bond donors (Lipinski definition) is 1. The van der Waals surface area contributed by atoms with Gasteiger partial charge in [-0.1, -0.05) is 11.6 Å². The van der Waals surface area contributed by atoms with Crippen molar-refractivity contribution in [1.82, 2.24) is 5.32 Å². The van der Waals surface area contributed by atoms with Crippen LogP contribution >= 0.6 is 11.6 Å². The average Bonchev–Trinajstić information content (AvgIpc) is 2.27. The van der Waals surface area contributed by atoms with E-state index in [4.69, 9.17) is 11.6 Å². The zero-order valence-electron chi connectivity index (χ0n) is 5.93. The second-order valence-electron chi connectivity index (χ2n) is 2.89. The summed E-state index contributed by atoms with van der Waals surface area (Å²) in [6.07, 6.45) is 5.14. The Morgan fingerprint density at radius 3 is 3.09 bits per heavy atom. The summed E-state index contributed by atoms with van der Waals surface area (Å²) < 4.78 is 0. The molecule has 1 N–H and O–H groups in total. The number of hydrogen-bond acceptors (Lipinski definition) is 1. The highest BCUT2D eigenvalue weighted by Crippen LogP contribution is 2.31. The van der Waals surface area contributed by atoms with Crippen LogP contribution in [0.25, 0.3) is 0 Å². The molecule has 3 heteroatoms. The summed E-state index contributed by atoms with van der Waals surface area (Å²) in [7, 11) is 0. The van der Waals surface area contributed by atoms with Crippen LogP contribution in [0.4, 0.5) is 0 Å². The largest absolute Gasteiger partial charge is 0.329 e. The minimum atomic E-state index is 0.112. The van der Waals surface area contributed by atoms with Crippen molar-refractivity contribution in [2.45, 2.75) is 12.8 Å². The normalized spacial score (nSPS) is 28.8. The Morgan fingerprint density at radius 1 is 1.45 bits per heavy atom. The Morgan fingerprint density at radius 2 is 2.27 bits per heavy atom. The molecule has 1 atom stereocenters. The summed E-state index contributed by atoms with van der Waals surface area (Å²) in [5, 5.41) is 3.64. The van der Waals surface area contributed by atoms with Crippen LogP contribution in [-0.2, 0) is 4.79 Å². The van der Waals surface area contributed by atoms with Crippen LogP contribution in [0.3, 0.4) is 0 Å². The zero-order valence-corrected chi connectivity index (χ0v) is 6.69. The molecule has 2 aliphatic rings. The summed E-state index contributed by atoms with van der Waals surface area (Å²) in [6.45, 7) is 0. The topological polar surface area (TPSA) is 29.1 Å². The molecule has 0 bridgehead atoms. The van der Waals surface area contributed by atoms with E-state index in [0.717, 1.165) is 17.2 Å². The van der Waals surface area contributed by atoms with Crippen molar-refractivity contribution < 1.29 is 4.79 Å². The second-order valence-corrected chi connectivity index (χ2v) is 3.37. The average molecular weight is 170 g/mol. The molecule has 0 radical (unpaired) electrons. The van der Waals surface area contributed by atoms with Crippen LogP contribution in [0, 0.1) is 5.92 Å². The summed E-state index contributed by atoms with van der Waals surface area (Å²) >= 11 is 5.81. The first-order chi connectivity index (χ1) is 5.25. The fraction of sp³-hybridized carbons (Fsp3) is 0.375. The number of carbonyl (C=O) groups excluding carboxylic acids is 1. The van der Waals surface area contributed by atoms with E-state index in [1.54, 1.807) is 0 Å². The van der Waals surface area contributed by atoms with Crippen molar-refractivity contribution in [2.75, 3.05) is 0 Å². The first-order valence-corrected chi connectivity index (χ1v) is 3.99. The van der Waals surface area contributed by atoms with E-state index in [9.17, 15) is 4.79 Å². The van der Waals surface area contributed by atoms with Gasteiger partial charge >= 0.3 is 0 Å². The fourth-order valence-electron chi connectivity index (χ4n) is 1.49. The predicted molar refractivity (Wildman–Crippen MR) is 42.9 cm³/mol. The summed E-state index contributed by atoms with van der Waals surface area (Å²) in [5.41, 5.74) is 1.03. The molecule has 0 aromatic rings. The monoisotopic (exact) mass is 169 g/mol. The van der Waals surface area contributed by atoms with Gasteiger partial charge in [0.25, 0.3) is 0 Å². The van der Waals surface area contributed by atoms with Gasteiger partial charge in [-0.2, -0.15) is 0 Å². The number of amides is 1. The van der Waals surface area contributed by atoms with Crippen molar-refractivity contribution in [3.63, 3.8) is 0 Å². The molecule has 1 saturated heterocycles. The number of carbonyl (C=O) groups is 1. The molecule has 1 unspecified atom stereocenters. The highest BCUT2D eigenvalue weighted by atomic mass is 35.5. The van der Waals surface area contributed by atoms with Crippen molar-refractivity contribution >= 4 is 17.5 Å². The van der Waals surface area contributed by atoms with Crippen LogP contribution < -0.4 is 5.32 Å². The second kappa shape index (κ2) is 2.38. The molecule has 2 nitrogen and oxygen atoms in total. The number of fused-ring (bicyclic) bond motifs is 1. The lowest BCUT2D eigenvalue weighted by molar-refractivity contribution is -0.119. The molecule has 2 rings (SSSR count). The van der Waals surface area contributed by atoms with Gasteiger partial charge in [0.1, 0.15) is 0 Å². The third kappa shape index (κ3) is 1.18. The molecule has 0 aromatic heterocycles. The Balaban J connectivity index is 2.25. The van der Waals surface area contributed by atoms with Crippen molar-refractivity contribution in [2.24, 2.45) is 5.92 Å². The standard InChI is InChI=1S/C8H8ClNO/c9-6-1-2-7-5(3-6)4-8(11)10-7/h1-2,5H,3-4H2,(H,10,11). The lowest BCUT2D eigenvalue weighted by atomic mass is 9.97. The Labute approximate surface area is 69.9 Å². The summed E-state index contributed by atoms with van der Waals surface area (Å²) in [5.74, 6) is 0.431. The van der Waals surface area contributed by atoms with Gasteiger partial charge in [0.15, 0.2) is 0 Å². The number of nitrogens with one attached hydrogen (secondary N) is 1. The first-order valence-electron chi connectivity index (χ1n) is 3.62. The third-order valence-electron chi connectivity index (χ3n) is 2.04. The van der Waals surface area contributed by atoms with Crippen molar-refractivity contribution in [1.29, 1.82) is 0 Å². The van der Waals surface area contributed by atoms with Crippen LogP contribution in [0.2, 0.25) is 0 Å². The van der Waals surface area contributed by atoms with E-state index in [-0.39, 0.29) is 5.91 Å². The van der Waals surface area contributed by atoms with Gasteiger partial charge in [-0.3, -0.25) is 4.79 Å². The molecule has 1 fully saturated rings. The number of rotatable bonds is 0. The maximum Gasteiger partial charge on any atom is 0.224 e. The fourth-order valence-corrected chi connectivity index (χ4v) is 1.74. The molecule has 0 aromatic carbocycles. The van der Waals surface area contributed by atoms with Gasteiger partial charge in [-0.15, -0.1) is 0 Å². The van der Waals surface area contributed by atoms with Crippen LogP contribution in [0.15, 0.2) is 22.9 Å². The number of halogens is 1. The molecule has 0 spiro atoms. The van der Waals surface area contributed by atoms with E-state index in [1.165, 1.54) is 0 Å². The molecule has 1 heterocycles. The maximum absolute atomic E-state index is 10.9. The Bertz CT molecular complexity index is 267. The minimum Gasteiger partial charge on any atom is -0.329 e. The molecular formula is C8H8ClNO. The lowest BCUT2D eigenvalue weighted by Gasteiger charge is -2.12. The first kappa shape index (κ1) is 6.92. The van der Waals surface area contributed by atoms with Gasteiger partial charge in [-0.05, 0) is 18.6 Å². The SMILES string of the molecule is O=C1CC2CC(Cl)=CC=C2N1. The Kier molecular flexibility index (Phi) is 1.50. The molecular weight excluding hydrogens is 162 g/mol. The van der Waals surface area contributed by atoms with E-state index < -0.39 is 0 Å². The summed E-state index contributed by atoms with van der Waals surface area (Å²) in [4.78, 5) is 10.9. The zero-order chi connectivity index (χ0) is 7.84. The van der Waals surface area contributed by atoms with Crippen molar-refractivity contribution in [3.05, 3.63) is 22.9 Å². The smallest absolute Gasteiger partial charge is 0.224 e. The minimum absolute atomic E-state index is 0.112. The molecule has 11 heavy (non-hydrogen) atoms. The van der Waals surface area contributed by atoms with E-state index in [0.29, 0.717) is 12.3 Å². The van der Waals surface area contributed by atoms with E-state index in [2.05, 4.69) is 5.32 Å². The summed E-state index contributed by atoms with van der Waals surface area (Å²) in [6, 6.07) is 0. The molecule has 1 aliphatic heterocycles. The predicted octanol–water partition coefficient (Wildman–Crippen LogP) is 1.53. The maximum atomic E-state index is 10.9. The quantitative estimate of drug-likeness (QED) is 0.586. The number of allylic oxidation sites excluding steroid dienone is 4.